The summed E-state index contributed by atoms with van der Waals surface area (Å²) < 4.78 is 5.66. The van der Waals surface area contributed by atoms with Gasteiger partial charge in [0.05, 0.1) is 0 Å². The first-order valence-corrected chi connectivity index (χ1v) is 5.71. The molecule has 0 bridgehead atoms. The van der Waals surface area contributed by atoms with Crippen LogP contribution in [-0.4, -0.2) is 20.2 Å². The third-order valence-electron chi connectivity index (χ3n) is 2.27. The first kappa shape index (κ1) is 12.1. The molecule has 0 amide bonds. The minimum absolute atomic E-state index is 0.734. The molecule has 1 aliphatic rings. The summed E-state index contributed by atoms with van der Waals surface area (Å²) in [6.45, 7) is 3.82. The van der Waals surface area contributed by atoms with Gasteiger partial charge >= 0.3 is 0 Å². The summed E-state index contributed by atoms with van der Waals surface area (Å²) in [5.41, 5.74) is 1.37. The van der Waals surface area contributed by atoms with Gasteiger partial charge in [0.25, 0.3) is 0 Å². The number of rotatable bonds is 6. The van der Waals surface area contributed by atoms with Crippen LogP contribution in [0.5, 0.6) is 0 Å². The second-order valence-electron chi connectivity index (χ2n) is 3.67. The second-order valence-corrected chi connectivity index (χ2v) is 3.67. The van der Waals surface area contributed by atoms with E-state index in [0.29, 0.717) is 0 Å². The van der Waals surface area contributed by atoms with Crippen molar-refractivity contribution >= 4 is 0 Å². The molecular weight excluding hydrogens is 186 g/mol. The molecule has 0 saturated heterocycles. The van der Waals surface area contributed by atoms with Crippen LogP contribution in [0.25, 0.3) is 0 Å². The van der Waals surface area contributed by atoms with Crippen molar-refractivity contribution in [2.24, 2.45) is 0 Å². The van der Waals surface area contributed by atoms with Crippen LogP contribution in [0.3, 0.4) is 0 Å². The molecule has 0 radical (unpaired) electrons. The molecule has 0 atom stereocenters. The Bertz CT molecular complexity index is 264. The fraction of sp³-hybridized carbons (Fsp3) is 0.538. The molecule has 84 valence electrons. The molecule has 2 nitrogen and oxygen atoms in total. The van der Waals surface area contributed by atoms with E-state index in [9.17, 15) is 0 Å². The lowest BCUT2D eigenvalue weighted by molar-refractivity contribution is 0.226. The molecule has 0 aromatic carbocycles. The normalized spacial score (nSPS) is 15.6. The average Bonchev–Trinajstić information content (AvgIpc) is 2.45. The fourth-order valence-electron chi connectivity index (χ4n) is 1.51. The van der Waals surface area contributed by atoms with E-state index in [0.717, 1.165) is 31.8 Å². The first-order chi connectivity index (χ1) is 7.36. The third kappa shape index (κ3) is 4.84. The van der Waals surface area contributed by atoms with Crippen LogP contribution < -0.4 is 5.32 Å². The number of hydrogen-bond acceptors (Lipinski definition) is 2. The van der Waals surface area contributed by atoms with Crippen molar-refractivity contribution in [3.63, 3.8) is 0 Å². The highest BCUT2D eigenvalue weighted by Gasteiger charge is 2.00. The van der Waals surface area contributed by atoms with Crippen LogP contribution in [-0.2, 0) is 4.74 Å². The summed E-state index contributed by atoms with van der Waals surface area (Å²) >= 11 is 0. The molecule has 1 rings (SSSR count). The van der Waals surface area contributed by atoms with E-state index in [1.807, 2.05) is 7.05 Å². The van der Waals surface area contributed by atoms with Gasteiger partial charge in [0.15, 0.2) is 0 Å². The quantitative estimate of drug-likeness (QED) is 0.676. The van der Waals surface area contributed by atoms with Crippen LogP contribution >= 0.6 is 0 Å². The van der Waals surface area contributed by atoms with E-state index in [1.54, 1.807) is 0 Å². The highest BCUT2D eigenvalue weighted by Crippen LogP contribution is 2.15. The predicted molar refractivity (Wildman–Crippen MR) is 64.7 cm³/mol. The van der Waals surface area contributed by atoms with Crippen LogP contribution in [0.1, 0.15) is 26.2 Å². The zero-order valence-corrected chi connectivity index (χ0v) is 9.75. The lowest BCUT2D eigenvalue weighted by Crippen LogP contribution is -2.13. The van der Waals surface area contributed by atoms with E-state index in [4.69, 9.17) is 4.74 Å². The number of likely N-dealkylation sites (N-methyl/N-ethyl adjacent to an activating group) is 1. The Morgan fingerprint density at radius 3 is 3.07 bits per heavy atom. The van der Waals surface area contributed by atoms with Gasteiger partial charge in [-0.05, 0) is 37.6 Å². The molecule has 15 heavy (non-hydrogen) atoms. The Balaban J connectivity index is 2.48. The minimum atomic E-state index is 0.734. The van der Waals surface area contributed by atoms with E-state index < -0.39 is 0 Å². The standard InChI is InChI=1S/C13H21NO/c1-3-6-12-7-4-5-8-13(11-12)15-10-9-14-2/h4,7-8,11,14H,3,5-6,9-10H2,1-2H3. The molecule has 0 aromatic heterocycles. The van der Waals surface area contributed by atoms with Crippen molar-refractivity contribution in [1.82, 2.24) is 5.32 Å². The van der Waals surface area contributed by atoms with Gasteiger partial charge < -0.3 is 10.1 Å². The van der Waals surface area contributed by atoms with Crippen molar-refractivity contribution in [2.75, 3.05) is 20.2 Å². The van der Waals surface area contributed by atoms with E-state index in [-0.39, 0.29) is 0 Å². The maximum Gasteiger partial charge on any atom is 0.115 e. The Labute approximate surface area is 92.7 Å². The summed E-state index contributed by atoms with van der Waals surface area (Å²) in [7, 11) is 1.94. The molecule has 0 aromatic rings. The average molecular weight is 207 g/mol. The maximum atomic E-state index is 5.66. The van der Waals surface area contributed by atoms with Crippen molar-refractivity contribution < 1.29 is 4.74 Å². The van der Waals surface area contributed by atoms with Crippen LogP contribution in [0, 0.1) is 0 Å². The van der Waals surface area contributed by atoms with E-state index >= 15 is 0 Å². The van der Waals surface area contributed by atoms with Gasteiger partial charge in [0.1, 0.15) is 12.4 Å². The monoisotopic (exact) mass is 207 g/mol. The summed E-state index contributed by atoms with van der Waals surface area (Å²) in [5.74, 6) is 1.01. The van der Waals surface area contributed by atoms with Gasteiger partial charge in [0.2, 0.25) is 0 Å². The molecule has 0 heterocycles. The zero-order valence-electron chi connectivity index (χ0n) is 9.75. The minimum Gasteiger partial charge on any atom is -0.493 e. The van der Waals surface area contributed by atoms with E-state index in [2.05, 4.69) is 36.5 Å². The molecule has 1 aliphatic carbocycles. The Hall–Kier alpha value is -1.02. The van der Waals surface area contributed by atoms with Gasteiger partial charge in [-0.1, -0.05) is 25.5 Å². The summed E-state index contributed by atoms with van der Waals surface area (Å²) in [6.07, 6.45) is 12.0. The molecule has 2 heteroatoms. The number of allylic oxidation sites excluding steroid dienone is 5. The van der Waals surface area contributed by atoms with Gasteiger partial charge in [-0.15, -0.1) is 0 Å². The largest absolute Gasteiger partial charge is 0.493 e. The Kier molecular flexibility index (Phi) is 5.86. The molecule has 0 aliphatic heterocycles. The van der Waals surface area contributed by atoms with Crippen molar-refractivity contribution in [2.45, 2.75) is 26.2 Å². The Morgan fingerprint density at radius 1 is 1.47 bits per heavy atom. The molecule has 0 saturated carbocycles. The maximum absolute atomic E-state index is 5.66. The third-order valence-corrected chi connectivity index (χ3v) is 2.27. The summed E-state index contributed by atoms with van der Waals surface area (Å²) in [6, 6.07) is 0. The Morgan fingerprint density at radius 2 is 2.33 bits per heavy atom. The SMILES string of the molecule is CCCC1=CC(OCCNC)=CCC=C1. The van der Waals surface area contributed by atoms with Gasteiger partial charge in [-0.3, -0.25) is 0 Å². The van der Waals surface area contributed by atoms with Gasteiger partial charge in [0, 0.05) is 6.54 Å². The smallest absolute Gasteiger partial charge is 0.115 e. The van der Waals surface area contributed by atoms with Gasteiger partial charge in [-0.25, -0.2) is 0 Å². The number of nitrogens with one attached hydrogen (secondary N) is 1. The number of ether oxygens (including phenoxy) is 1. The van der Waals surface area contributed by atoms with Crippen LogP contribution in [0.2, 0.25) is 0 Å². The molecule has 0 fully saturated rings. The van der Waals surface area contributed by atoms with E-state index in [1.165, 1.54) is 12.0 Å². The van der Waals surface area contributed by atoms with Crippen LogP contribution in [0.4, 0.5) is 0 Å². The van der Waals surface area contributed by atoms with Crippen molar-refractivity contribution in [1.29, 1.82) is 0 Å². The lowest BCUT2D eigenvalue weighted by atomic mass is 10.1. The zero-order chi connectivity index (χ0) is 10.9. The molecule has 0 spiro atoms. The van der Waals surface area contributed by atoms with Gasteiger partial charge in [-0.2, -0.15) is 0 Å². The molecule has 1 N–H and O–H groups in total. The first-order valence-electron chi connectivity index (χ1n) is 5.71. The predicted octanol–water partition coefficient (Wildman–Crippen LogP) is 2.79. The van der Waals surface area contributed by atoms with Crippen LogP contribution in [0.15, 0.2) is 35.6 Å². The summed E-state index contributed by atoms with van der Waals surface area (Å²) in [4.78, 5) is 0. The second kappa shape index (κ2) is 7.30. The fourth-order valence-corrected chi connectivity index (χ4v) is 1.51. The molecule has 0 unspecified atom stereocenters. The molecular formula is C13H21NO. The summed E-state index contributed by atoms with van der Waals surface area (Å²) in [5, 5.41) is 3.07. The number of hydrogen-bond donors (Lipinski definition) is 1. The highest BCUT2D eigenvalue weighted by molar-refractivity contribution is 5.30. The van der Waals surface area contributed by atoms with Crippen molar-refractivity contribution in [3.8, 4) is 0 Å². The topological polar surface area (TPSA) is 21.3 Å². The highest BCUT2D eigenvalue weighted by atomic mass is 16.5. The lowest BCUT2D eigenvalue weighted by Gasteiger charge is -2.07. The van der Waals surface area contributed by atoms with Crippen molar-refractivity contribution in [3.05, 3.63) is 35.6 Å².